The predicted octanol–water partition coefficient (Wildman–Crippen LogP) is 7.75. The molecule has 0 amide bonds. The van der Waals surface area contributed by atoms with E-state index in [0.29, 0.717) is 16.7 Å². The molecular formula is C29H35BrN2O2S. The summed E-state index contributed by atoms with van der Waals surface area (Å²) in [4.78, 5) is 13.5. The molecule has 2 rings (SSSR count). The highest BCUT2D eigenvalue weighted by molar-refractivity contribution is 9.09. The lowest BCUT2D eigenvalue weighted by Gasteiger charge is -2.31. The Morgan fingerprint density at radius 1 is 0.943 bits per heavy atom. The fraction of sp³-hybridized carbons (Fsp3) is 0.483. The number of nitrogens with zero attached hydrogens (tertiary/aromatic N) is 2. The molecule has 2 atom stereocenters. The van der Waals surface area contributed by atoms with Gasteiger partial charge in [0, 0.05) is 5.33 Å². The highest BCUT2D eigenvalue weighted by atomic mass is 79.9. The molecule has 0 spiro atoms. The zero-order chi connectivity index (χ0) is 25.5. The molecule has 0 bridgehead atoms. The van der Waals surface area contributed by atoms with Gasteiger partial charge in [-0.2, -0.15) is 23.2 Å². The Morgan fingerprint density at radius 2 is 1.51 bits per heavy atom. The highest BCUT2D eigenvalue weighted by Gasteiger charge is 2.49. The number of benzene rings is 2. The molecule has 0 saturated carbocycles. The van der Waals surface area contributed by atoms with Gasteiger partial charge in [-0.05, 0) is 37.0 Å². The number of hydrogen-bond donors (Lipinski definition) is 1. The largest absolute Gasteiger partial charge is 0.464 e. The van der Waals surface area contributed by atoms with E-state index in [1.165, 1.54) is 38.5 Å². The topological polar surface area (TPSA) is 73.9 Å². The molecule has 6 heteroatoms. The van der Waals surface area contributed by atoms with Crippen LogP contribution in [0.15, 0.2) is 48.5 Å². The fourth-order valence-electron chi connectivity index (χ4n) is 4.16. The van der Waals surface area contributed by atoms with E-state index in [9.17, 15) is 15.3 Å². The standard InChI is InChI=1S/C29H35BrN2O2S/c1-23-15-17-25(18-16-23)29(22-32,27(35)26-14-10-9-13-24(26)21-31)28(33)34-20-12-8-6-4-2-3-5-7-11-19-30/h9-10,13-18,27,35H,2-8,11-12,19-20H2,1H3. The number of alkyl halides is 1. The quantitative estimate of drug-likeness (QED) is 0.106. The Kier molecular flexibility index (Phi) is 13.0. The predicted molar refractivity (Wildman–Crippen MR) is 148 cm³/mol. The zero-order valence-electron chi connectivity index (χ0n) is 20.5. The van der Waals surface area contributed by atoms with Crippen LogP contribution in [0, 0.1) is 29.6 Å². The maximum atomic E-state index is 13.5. The van der Waals surface area contributed by atoms with Crippen LogP contribution in [0.25, 0.3) is 0 Å². The molecular weight excluding hydrogens is 520 g/mol. The molecule has 0 heterocycles. The number of thiol groups is 1. The van der Waals surface area contributed by atoms with E-state index in [0.717, 1.165) is 30.2 Å². The van der Waals surface area contributed by atoms with Gasteiger partial charge in [0.05, 0.1) is 29.6 Å². The summed E-state index contributed by atoms with van der Waals surface area (Å²) in [5.74, 6) is -0.622. The van der Waals surface area contributed by atoms with E-state index in [-0.39, 0.29) is 6.61 Å². The van der Waals surface area contributed by atoms with Crippen molar-refractivity contribution in [1.82, 2.24) is 0 Å². The minimum Gasteiger partial charge on any atom is -0.464 e. The second-order valence-corrected chi connectivity index (χ2v) is 10.2. The van der Waals surface area contributed by atoms with Gasteiger partial charge in [0.15, 0.2) is 5.41 Å². The van der Waals surface area contributed by atoms with E-state index in [2.05, 4.69) is 28.1 Å². The summed E-state index contributed by atoms with van der Waals surface area (Å²) in [5.41, 5.74) is 0.792. The first-order valence-corrected chi connectivity index (χ1v) is 14.0. The van der Waals surface area contributed by atoms with Crippen LogP contribution < -0.4 is 0 Å². The van der Waals surface area contributed by atoms with Crippen LogP contribution in [0.2, 0.25) is 0 Å². The lowest BCUT2D eigenvalue weighted by atomic mass is 9.75. The van der Waals surface area contributed by atoms with E-state index in [4.69, 9.17) is 17.4 Å². The Labute approximate surface area is 224 Å². The number of ether oxygens (including phenoxy) is 1. The number of esters is 1. The van der Waals surface area contributed by atoms with Gasteiger partial charge in [-0.15, -0.1) is 0 Å². The molecule has 0 aliphatic carbocycles. The van der Waals surface area contributed by atoms with Gasteiger partial charge in [-0.1, -0.05) is 109 Å². The van der Waals surface area contributed by atoms with Crippen LogP contribution in [0.4, 0.5) is 0 Å². The molecule has 2 aromatic rings. The third-order valence-electron chi connectivity index (χ3n) is 6.30. The third kappa shape index (κ3) is 8.13. The average molecular weight is 556 g/mol. The molecule has 0 aromatic heterocycles. The minimum absolute atomic E-state index is 0.264. The number of carbonyl (C=O) groups excluding carboxylic acids is 1. The van der Waals surface area contributed by atoms with Gasteiger partial charge >= 0.3 is 5.97 Å². The summed E-state index contributed by atoms with van der Waals surface area (Å²) in [6, 6.07) is 18.6. The molecule has 2 unspecified atom stereocenters. The fourth-order valence-corrected chi connectivity index (χ4v) is 5.09. The average Bonchev–Trinajstić information content (AvgIpc) is 2.88. The number of nitriles is 2. The van der Waals surface area contributed by atoms with Crippen molar-refractivity contribution in [2.75, 3.05) is 11.9 Å². The number of aryl methyl sites for hydroxylation is 1. The normalized spacial score (nSPS) is 13.3. The summed E-state index contributed by atoms with van der Waals surface area (Å²) < 4.78 is 5.67. The van der Waals surface area contributed by atoms with E-state index in [1.807, 2.05) is 19.1 Å². The van der Waals surface area contributed by atoms with E-state index < -0.39 is 16.6 Å². The lowest BCUT2D eigenvalue weighted by molar-refractivity contribution is -0.148. The molecule has 0 N–H and O–H groups in total. The Balaban J connectivity index is 2.05. The molecule has 0 fully saturated rings. The summed E-state index contributed by atoms with van der Waals surface area (Å²) in [5, 5.41) is 20.2. The highest BCUT2D eigenvalue weighted by Crippen LogP contribution is 2.44. The van der Waals surface area contributed by atoms with Crippen molar-refractivity contribution in [3.05, 3.63) is 70.8 Å². The Hall–Kier alpha value is -2.28. The summed E-state index contributed by atoms with van der Waals surface area (Å²) in [6.07, 6.45) is 10.4. The van der Waals surface area contributed by atoms with Crippen molar-refractivity contribution in [2.45, 2.75) is 75.4 Å². The molecule has 0 aliphatic heterocycles. The molecule has 2 aromatic carbocycles. The Morgan fingerprint density at radius 3 is 2.09 bits per heavy atom. The second-order valence-electron chi connectivity index (χ2n) is 8.89. The first-order chi connectivity index (χ1) is 17.0. The SMILES string of the molecule is Cc1ccc(C(C#N)(C(=O)OCCCCCCCCCCCBr)C(S)c2ccccc2C#N)cc1. The van der Waals surface area contributed by atoms with Gasteiger partial charge in [-0.25, -0.2) is 4.79 Å². The van der Waals surface area contributed by atoms with Crippen molar-refractivity contribution >= 4 is 34.5 Å². The van der Waals surface area contributed by atoms with Crippen molar-refractivity contribution in [3.63, 3.8) is 0 Å². The molecule has 35 heavy (non-hydrogen) atoms. The summed E-state index contributed by atoms with van der Waals surface area (Å²) >= 11 is 8.20. The maximum Gasteiger partial charge on any atom is 0.332 e. The smallest absolute Gasteiger partial charge is 0.332 e. The van der Waals surface area contributed by atoms with Crippen LogP contribution in [0.3, 0.4) is 0 Å². The van der Waals surface area contributed by atoms with Crippen LogP contribution in [-0.4, -0.2) is 17.9 Å². The number of unbranched alkanes of at least 4 members (excludes halogenated alkanes) is 8. The third-order valence-corrected chi connectivity index (χ3v) is 7.53. The molecule has 4 nitrogen and oxygen atoms in total. The van der Waals surface area contributed by atoms with Gasteiger partial charge in [0.1, 0.15) is 0 Å². The first-order valence-electron chi connectivity index (χ1n) is 12.4. The van der Waals surface area contributed by atoms with Crippen molar-refractivity contribution < 1.29 is 9.53 Å². The van der Waals surface area contributed by atoms with Crippen molar-refractivity contribution in [2.24, 2.45) is 0 Å². The van der Waals surface area contributed by atoms with Crippen molar-refractivity contribution in [1.29, 1.82) is 10.5 Å². The van der Waals surface area contributed by atoms with Gasteiger partial charge < -0.3 is 4.74 Å². The number of halogens is 1. The second kappa shape index (κ2) is 15.7. The number of rotatable bonds is 15. The molecule has 0 radical (unpaired) electrons. The van der Waals surface area contributed by atoms with Crippen LogP contribution in [0.1, 0.15) is 85.3 Å². The Bertz CT molecular complexity index is 1010. The van der Waals surface area contributed by atoms with Gasteiger partial charge in [0.25, 0.3) is 0 Å². The van der Waals surface area contributed by atoms with Crippen LogP contribution >= 0.6 is 28.6 Å². The summed E-state index contributed by atoms with van der Waals surface area (Å²) in [6.45, 7) is 2.21. The van der Waals surface area contributed by atoms with Crippen LogP contribution in [0.5, 0.6) is 0 Å². The lowest BCUT2D eigenvalue weighted by Crippen LogP contribution is -2.40. The molecule has 0 saturated heterocycles. The first kappa shape index (κ1) is 29.0. The zero-order valence-corrected chi connectivity index (χ0v) is 23.0. The van der Waals surface area contributed by atoms with Crippen molar-refractivity contribution in [3.8, 4) is 12.1 Å². The maximum absolute atomic E-state index is 13.5. The number of carbonyl (C=O) groups is 1. The van der Waals surface area contributed by atoms with Crippen LogP contribution in [-0.2, 0) is 14.9 Å². The monoisotopic (exact) mass is 554 g/mol. The summed E-state index contributed by atoms with van der Waals surface area (Å²) in [7, 11) is 0. The molecule has 186 valence electrons. The van der Waals surface area contributed by atoms with Gasteiger partial charge in [0.2, 0.25) is 0 Å². The number of hydrogen-bond acceptors (Lipinski definition) is 5. The van der Waals surface area contributed by atoms with E-state index >= 15 is 0 Å². The molecule has 0 aliphatic rings. The van der Waals surface area contributed by atoms with E-state index in [1.54, 1.807) is 36.4 Å². The van der Waals surface area contributed by atoms with Gasteiger partial charge in [-0.3, -0.25) is 0 Å². The minimum atomic E-state index is -1.67.